The van der Waals surface area contributed by atoms with Crippen LogP contribution in [0.5, 0.6) is 11.6 Å². The van der Waals surface area contributed by atoms with Gasteiger partial charge in [-0.05, 0) is 24.1 Å². The summed E-state index contributed by atoms with van der Waals surface area (Å²) in [5, 5.41) is 0. The average molecular weight is 275 g/mol. The number of pyridine rings is 1. The molecule has 4 N–H and O–H groups in total. The van der Waals surface area contributed by atoms with Crippen LogP contribution in [-0.2, 0) is 6.42 Å². The Morgan fingerprint density at radius 3 is 2.65 bits per heavy atom. The molecular weight excluding hydrogens is 261 g/mol. The van der Waals surface area contributed by atoms with E-state index in [1.54, 1.807) is 6.07 Å². The average Bonchev–Trinajstić information content (AvgIpc) is 2.45. The minimum absolute atomic E-state index is 0.0148. The number of aromatic nitrogens is 1. The largest absolute Gasteiger partial charge is 0.436 e. The van der Waals surface area contributed by atoms with Crippen molar-refractivity contribution in [2.75, 3.05) is 5.73 Å². The lowest BCUT2D eigenvalue weighted by Gasteiger charge is -2.10. The Labute approximate surface area is 115 Å². The summed E-state index contributed by atoms with van der Waals surface area (Å²) in [5.41, 5.74) is 11.8. The molecule has 0 fully saturated rings. The van der Waals surface area contributed by atoms with E-state index < -0.39 is 11.7 Å². The number of rotatable bonds is 4. The van der Waals surface area contributed by atoms with Gasteiger partial charge in [0.25, 0.3) is 0 Å². The summed E-state index contributed by atoms with van der Waals surface area (Å²) in [7, 11) is 0. The summed E-state index contributed by atoms with van der Waals surface area (Å²) in [4.78, 5) is 14.8. The molecule has 1 aromatic carbocycles. The first kappa shape index (κ1) is 13.8. The summed E-state index contributed by atoms with van der Waals surface area (Å²) in [6.45, 7) is 1.88. The molecular formula is C14H14FN3O2. The lowest BCUT2D eigenvalue weighted by molar-refractivity contribution is 0.1000. The van der Waals surface area contributed by atoms with E-state index in [2.05, 4.69) is 4.98 Å². The number of carbonyl (C=O) groups is 1. The number of benzene rings is 1. The zero-order valence-electron chi connectivity index (χ0n) is 10.9. The number of ether oxygens (including phenoxy) is 1. The predicted octanol–water partition coefficient (Wildman–Crippen LogP) is 2.26. The number of nitrogen functional groups attached to an aromatic ring is 1. The van der Waals surface area contributed by atoms with Gasteiger partial charge in [-0.3, -0.25) is 4.79 Å². The van der Waals surface area contributed by atoms with Crippen LogP contribution in [0.15, 0.2) is 30.5 Å². The topological polar surface area (TPSA) is 91.2 Å². The first-order valence-electron chi connectivity index (χ1n) is 6.03. The van der Waals surface area contributed by atoms with Crippen molar-refractivity contribution in [1.82, 2.24) is 4.98 Å². The highest BCUT2D eigenvalue weighted by atomic mass is 19.1. The maximum Gasteiger partial charge on any atom is 0.250 e. The van der Waals surface area contributed by atoms with Crippen LogP contribution in [0, 0.1) is 5.82 Å². The highest BCUT2D eigenvalue weighted by Gasteiger charge is 2.12. The van der Waals surface area contributed by atoms with Crippen molar-refractivity contribution in [1.29, 1.82) is 0 Å². The number of hydrogen-bond acceptors (Lipinski definition) is 4. The van der Waals surface area contributed by atoms with Gasteiger partial charge < -0.3 is 16.2 Å². The summed E-state index contributed by atoms with van der Waals surface area (Å²) in [6.07, 6.45) is 1.90. The van der Waals surface area contributed by atoms with Crippen molar-refractivity contribution in [2.24, 2.45) is 5.73 Å². The molecule has 6 heteroatoms. The van der Waals surface area contributed by atoms with Gasteiger partial charge in [0.1, 0.15) is 0 Å². The first-order chi connectivity index (χ1) is 9.52. The number of carbonyl (C=O) groups excluding carboxylic acids is 1. The van der Waals surface area contributed by atoms with Crippen LogP contribution in [0.4, 0.5) is 10.1 Å². The van der Waals surface area contributed by atoms with Gasteiger partial charge >= 0.3 is 0 Å². The number of anilines is 1. The minimum Gasteiger partial charge on any atom is -0.436 e. The fraction of sp³-hybridized carbons (Fsp3) is 0.143. The van der Waals surface area contributed by atoms with Crippen LogP contribution in [0.3, 0.4) is 0 Å². The summed E-state index contributed by atoms with van der Waals surface area (Å²) in [6, 6.07) is 6.08. The van der Waals surface area contributed by atoms with E-state index in [1.165, 1.54) is 24.4 Å². The maximum absolute atomic E-state index is 14.0. The number of primary amides is 1. The van der Waals surface area contributed by atoms with E-state index in [0.717, 1.165) is 0 Å². The normalized spacial score (nSPS) is 10.3. The Morgan fingerprint density at radius 2 is 2.10 bits per heavy atom. The molecule has 1 heterocycles. The van der Waals surface area contributed by atoms with E-state index >= 15 is 0 Å². The molecule has 0 aliphatic carbocycles. The van der Waals surface area contributed by atoms with Crippen molar-refractivity contribution >= 4 is 11.6 Å². The van der Waals surface area contributed by atoms with Gasteiger partial charge in [-0.2, -0.15) is 0 Å². The van der Waals surface area contributed by atoms with Gasteiger partial charge in [0.15, 0.2) is 11.6 Å². The van der Waals surface area contributed by atoms with Gasteiger partial charge in [0, 0.05) is 12.3 Å². The van der Waals surface area contributed by atoms with Crippen molar-refractivity contribution in [3.05, 3.63) is 47.4 Å². The number of nitrogens with zero attached hydrogens (tertiary/aromatic N) is 1. The SMILES string of the molecule is CCc1ccc(Oc2ccc(C(N)=O)cn2)c(F)c1N. The second-order valence-electron chi connectivity index (χ2n) is 4.16. The molecule has 0 bridgehead atoms. The predicted molar refractivity (Wildman–Crippen MR) is 73.0 cm³/mol. The zero-order chi connectivity index (χ0) is 14.7. The molecule has 0 saturated heterocycles. The molecule has 0 atom stereocenters. The molecule has 2 aromatic rings. The molecule has 0 radical (unpaired) electrons. The Balaban J connectivity index is 2.26. The molecule has 20 heavy (non-hydrogen) atoms. The number of aryl methyl sites for hydroxylation is 1. The Kier molecular flexibility index (Phi) is 3.84. The fourth-order valence-electron chi connectivity index (χ4n) is 1.70. The molecule has 0 aliphatic rings. The van der Waals surface area contributed by atoms with E-state index in [-0.39, 0.29) is 22.9 Å². The van der Waals surface area contributed by atoms with E-state index in [0.29, 0.717) is 12.0 Å². The van der Waals surface area contributed by atoms with Crippen LogP contribution >= 0.6 is 0 Å². The van der Waals surface area contributed by atoms with Crippen LogP contribution in [0.25, 0.3) is 0 Å². The second-order valence-corrected chi connectivity index (χ2v) is 4.16. The van der Waals surface area contributed by atoms with E-state index in [1.807, 2.05) is 6.92 Å². The molecule has 104 valence electrons. The van der Waals surface area contributed by atoms with Crippen molar-refractivity contribution in [3.63, 3.8) is 0 Å². The summed E-state index contributed by atoms with van der Waals surface area (Å²) >= 11 is 0. The molecule has 0 aliphatic heterocycles. The summed E-state index contributed by atoms with van der Waals surface area (Å²) < 4.78 is 19.3. The monoisotopic (exact) mass is 275 g/mol. The van der Waals surface area contributed by atoms with Crippen molar-refractivity contribution in [2.45, 2.75) is 13.3 Å². The first-order valence-corrected chi connectivity index (χ1v) is 6.03. The van der Waals surface area contributed by atoms with Crippen LogP contribution < -0.4 is 16.2 Å². The standard InChI is InChI=1S/C14H14FN3O2/c1-2-8-3-5-10(12(15)13(8)16)20-11-6-4-9(7-18-11)14(17)19/h3-7H,2,16H2,1H3,(H2,17,19). The van der Waals surface area contributed by atoms with Crippen molar-refractivity contribution < 1.29 is 13.9 Å². The second kappa shape index (κ2) is 5.56. The van der Waals surface area contributed by atoms with Crippen LogP contribution in [0.2, 0.25) is 0 Å². The van der Waals surface area contributed by atoms with E-state index in [4.69, 9.17) is 16.2 Å². The number of amides is 1. The molecule has 0 spiro atoms. The molecule has 1 amide bonds. The number of hydrogen-bond donors (Lipinski definition) is 2. The quantitative estimate of drug-likeness (QED) is 0.837. The van der Waals surface area contributed by atoms with Crippen LogP contribution in [0.1, 0.15) is 22.8 Å². The highest BCUT2D eigenvalue weighted by Crippen LogP contribution is 2.29. The lowest BCUT2D eigenvalue weighted by atomic mass is 10.1. The zero-order valence-corrected chi connectivity index (χ0v) is 10.9. The van der Waals surface area contributed by atoms with Gasteiger partial charge in [0.2, 0.25) is 11.8 Å². The Hall–Kier alpha value is -2.63. The minimum atomic E-state index is -0.620. The van der Waals surface area contributed by atoms with Crippen LogP contribution in [-0.4, -0.2) is 10.9 Å². The third-order valence-corrected chi connectivity index (χ3v) is 2.85. The third-order valence-electron chi connectivity index (χ3n) is 2.85. The fourth-order valence-corrected chi connectivity index (χ4v) is 1.70. The third kappa shape index (κ3) is 2.69. The lowest BCUT2D eigenvalue weighted by Crippen LogP contribution is -2.11. The van der Waals surface area contributed by atoms with Gasteiger partial charge in [-0.15, -0.1) is 0 Å². The number of halogens is 1. The van der Waals surface area contributed by atoms with Gasteiger partial charge in [-0.25, -0.2) is 9.37 Å². The van der Waals surface area contributed by atoms with Gasteiger partial charge in [0.05, 0.1) is 11.3 Å². The molecule has 2 rings (SSSR count). The summed E-state index contributed by atoms with van der Waals surface area (Å²) in [5.74, 6) is -1.08. The maximum atomic E-state index is 14.0. The molecule has 5 nitrogen and oxygen atoms in total. The van der Waals surface area contributed by atoms with Gasteiger partial charge in [-0.1, -0.05) is 13.0 Å². The highest BCUT2D eigenvalue weighted by molar-refractivity contribution is 5.92. The molecule has 0 saturated carbocycles. The van der Waals surface area contributed by atoms with Crippen molar-refractivity contribution in [3.8, 4) is 11.6 Å². The number of nitrogens with two attached hydrogens (primary N) is 2. The Morgan fingerprint density at radius 1 is 1.35 bits per heavy atom. The Bertz CT molecular complexity index is 642. The molecule has 0 unspecified atom stereocenters. The molecule has 1 aromatic heterocycles. The van der Waals surface area contributed by atoms with E-state index in [9.17, 15) is 9.18 Å². The smallest absolute Gasteiger partial charge is 0.250 e.